The van der Waals surface area contributed by atoms with Crippen LogP contribution in [0.3, 0.4) is 0 Å². The number of rotatable bonds is 6. The van der Waals surface area contributed by atoms with Crippen LogP contribution in [0.25, 0.3) is 5.69 Å². The minimum atomic E-state index is -3.45. The Kier molecular flexibility index (Phi) is 6.29. The number of anilines is 1. The highest BCUT2D eigenvalue weighted by Gasteiger charge is 2.22. The molecule has 1 saturated heterocycles. The Bertz CT molecular complexity index is 1160. The highest BCUT2D eigenvalue weighted by Crippen LogP contribution is 2.31. The van der Waals surface area contributed by atoms with Gasteiger partial charge in [-0.05, 0) is 43.0 Å². The number of piperidine rings is 1. The third-order valence-electron chi connectivity index (χ3n) is 5.28. The lowest BCUT2D eigenvalue weighted by molar-refractivity contribution is 0.580. The Morgan fingerprint density at radius 1 is 1.16 bits per heavy atom. The molecule has 0 atom stereocenters. The van der Waals surface area contributed by atoms with Crippen LogP contribution in [0, 0.1) is 5.82 Å². The number of thioether (sulfide) groups is 1. The largest absolute Gasteiger partial charge is 0.341 e. The van der Waals surface area contributed by atoms with Crippen LogP contribution in [0.15, 0.2) is 52.8 Å². The van der Waals surface area contributed by atoms with E-state index in [1.54, 1.807) is 24.2 Å². The third-order valence-corrected chi connectivity index (χ3v) is 7.68. The second kappa shape index (κ2) is 8.96. The van der Waals surface area contributed by atoms with Gasteiger partial charge in [0.15, 0.2) is 9.84 Å². The molecule has 0 N–H and O–H groups in total. The molecule has 0 spiro atoms. The van der Waals surface area contributed by atoms with E-state index < -0.39 is 15.7 Å². The van der Waals surface area contributed by atoms with Gasteiger partial charge in [0.25, 0.3) is 0 Å². The molecule has 1 aliphatic heterocycles. The maximum atomic E-state index is 14.4. The first-order valence-corrected chi connectivity index (χ1v) is 12.9. The Labute approximate surface area is 185 Å². The summed E-state index contributed by atoms with van der Waals surface area (Å²) in [6.45, 7) is 3.86. The van der Waals surface area contributed by atoms with Crippen LogP contribution in [0.4, 0.5) is 10.3 Å². The zero-order valence-corrected chi connectivity index (χ0v) is 19.0. The summed E-state index contributed by atoms with van der Waals surface area (Å²) in [6.07, 6.45) is 11.2. The van der Waals surface area contributed by atoms with Crippen molar-refractivity contribution in [2.45, 2.75) is 41.2 Å². The molecule has 164 valence electrons. The summed E-state index contributed by atoms with van der Waals surface area (Å²) in [4.78, 5) is 12.1. The zero-order valence-electron chi connectivity index (χ0n) is 17.4. The van der Waals surface area contributed by atoms with Crippen LogP contribution < -0.4 is 4.90 Å². The molecule has 0 amide bonds. The average molecular weight is 462 g/mol. The first-order chi connectivity index (χ1) is 14.8. The van der Waals surface area contributed by atoms with E-state index in [0.717, 1.165) is 61.1 Å². The lowest BCUT2D eigenvalue weighted by Gasteiger charge is -2.31. The lowest BCUT2D eigenvalue weighted by atomic mass is 10.1. The zero-order chi connectivity index (χ0) is 22.0. The minimum absolute atomic E-state index is 0.0458. The Hall–Kier alpha value is -2.46. The summed E-state index contributed by atoms with van der Waals surface area (Å²) in [5, 5.41) is 4.69. The fourth-order valence-corrected chi connectivity index (χ4v) is 5.20. The summed E-state index contributed by atoms with van der Waals surface area (Å²) >= 11 is 1.73. The maximum absolute atomic E-state index is 14.4. The molecular formula is C21H24FN5O2S2. The molecule has 31 heavy (non-hydrogen) atoms. The molecule has 10 heteroatoms. The predicted octanol–water partition coefficient (Wildman–Crippen LogP) is 3.53. The first-order valence-electron chi connectivity index (χ1n) is 10.1. The van der Waals surface area contributed by atoms with Crippen molar-refractivity contribution in [2.24, 2.45) is 0 Å². The summed E-state index contributed by atoms with van der Waals surface area (Å²) in [7, 11) is -3.45. The molecule has 2 aromatic heterocycles. The summed E-state index contributed by atoms with van der Waals surface area (Å²) < 4.78 is 39.1. The van der Waals surface area contributed by atoms with Crippen molar-refractivity contribution in [1.29, 1.82) is 0 Å². The maximum Gasteiger partial charge on any atom is 0.225 e. The van der Waals surface area contributed by atoms with Gasteiger partial charge in [-0.25, -0.2) is 27.5 Å². The molecule has 7 nitrogen and oxygen atoms in total. The normalized spacial score (nSPS) is 15.4. The number of hydrogen-bond acceptors (Lipinski definition) is 7. The van der Waals surface area contributed by atoms with Crippen molar-refractivity contribution in [3.8, 4) is 5.69 Å². The average Bonchev–Trinajstić information content (AvgIpc) is 3.22. The molecule has 1 aliphatic rings. The van der Waals surface area contributed by atoms with Crippen molar-refractivity contribution in [2.75, 3.05) is 24.2 Å². The van der Waals surface area contributed by atoms with Crippen molar-refractivity contribution >= 4 is 27.5 Å². The van der Waals surface area contributed by atoms with Gasteiger partial charge in [0.1, 0.15) is 11.5 Å². The van der Waals surface area contributed by atoms with Crippen LogP contribution in [-0.4, -0.2) is 52.8 Å². The van der Waals surface area contributed by atoms with Crippen LogP contribution in [-0.2, 0) is 16.3 Å². The molecule has 0 saturated carbocycles. The highest BCUT2D eigenvalue weighted by molar-refractivity contribution is 8.00. The second-order valence-electron chi connectivity index (χ2n) is 7.56. The molecule has 3 aromatic rings. The Balaban J connectivity index is 1.37. The monoisotopic (exact) mass is 461 g/mol. The van der Waals surface area contributed by atoms with E-state index in [2.05, 4.69) is 26.9 Å². The number of aryl methyl sites for hydroxylation is 1. The lowest BCUT2D eigenvalue weighted by Crippen LogP contribution is -2.35. The van der Waals surface area contributed by atoms with Gasteiger partial charge < -0.3 is 4.90 Å². The Morgan fingerprint density at radius 2 is 1.87 bits per heavy atom. The summed E-state index contributed by atoms with van der Waals surface area (Å²) in [6, 6.07) is 3.87. The minimum Gasteiger partial charge on any atom is -0.341 e. The number of sulfone groups is 1. The van der Waals surface area contributed by atoms with E-state index in [0.29, 0.717) is 5.25 Å². The molecule has 1 aromatic carbocycles. The summed E-state index contributed by atoms with van der Waals surface area (Å²) in [5.41, 5.74) is 1.36. The molecule has 0 radical (unpaired) electrons. The van der Waals surface area contributed by atoms with Gasteiger partial charge in [0.05, 0.1) is 11.1 Å². The van der Waals surface area contributed by atoms with E-state index >= 15 is 0 Å². The van der Waals surface area contributed by atoms with Crippen LogP contribution in [0.5, 0.6) is 0 Å². The van der Waals surface area contributed by atoms with Gasteiger partial charge >= 0.3 is 0 Å². The van der Waals surface area contributed by atoms with Crippen molar-refractivity contribution in [3.63, 3.8) is 0 Å². The van der Waals surface area contributed by atoms with Crippen molar-refractivity contribution in [1.82, 2.24) is 19.7 Å². The van der Waals surface area contributed by atoms with Gasteiger partial charge in [-0.2, -0.15) is 5.10 Å². The first kappa shape index (κ1) is 21.8. The van der Waals surface area contributed by atoms with Crippen molar-refractivity contribution in [3.05, 3.63) is 54.4 Å². The van der Waals surface area contributed by atoms with E-state index in [1.165, 1.54) is 16.8 Å². The van der Waals surface area contributed by atoms with Crippen LogP contribution in [0.2, 0.25) is 0 Å². The van der Waals surface area contributed by atoms with E-state index in [-0.39, 0.29) is 10.6 Å². The van der Waals surface area contributed by atoms with Crippen molar-refractivity contribution < 1.29 is 12.8 Å². The molecule has 3 heterocycles. The Morgan fingerprint density at radius 3 is 2.48 bits per heavy atom. The second-order valence-corrected chi connectivity index (χ2v) is 10.9. The van der Waals surface area contributed by atoms with Gasteiger partial charge in [0, 0.05) is 48.1 Å². The molecule has 0 bridgehead atoms. The summed E-state index contributed by atoms with van der Waals surface area (Å²) in [5.74, 6) is 0.159. The highest BCUT2D eigenvalue weighted by atomic mass is 32.2. The van der Waals surface area contributed by atoms with E-state index in [1.807, 2.05) is 12.4 Å². The van der Waals surface area contributed by atoms with Gasteiger partial charge in [0.2, 0.25) is 5.95 Å². The SMILES string of the molecule is CCc1cnc(N2CCC(Sc3cnn(-c4ccc(S(C)(=O)=O)cc4F)c3)CC2)nc1. The van der Waals surface area contributed by atoms with Crippen LogP contribution in [0.1, 0.15) is 25.3 Å². The number of benzene rings is 1. The molecule has 4 rings (SSSR count). The fraction of sp³-hybridized carbons (Fsp3) is 0.381. The quantitative estimate of drug-likeness (QED) is 0.555. The van der Waals surface area contributed by atoms with Crippen LogP contribution >= 0.6 is 11.8 Å². The number of nitrogens with zero attached hydrogens (tertiary/aromatic N) is 5. The molecule has 0 unspecified atom stereocenters. The topological polar surface area (TPSA) is 81.0 Å². The van der Waals surface area contributed by atoms with E-state index in [9.17, 15) is 12.8 Å². The fourth-order valence-electron chi connectivity index (χ4n) is 3.46. The predicted molar refractivity (Wildman–Crippen MR) is 119 cm³/mol. The molecular weight excluding hydrogens is 437 g/mol. The number of aromatic nitrogens is 4. The number of halogens is 1. The smallest absolute Gasteiger partial charge is 0.225 e. The molecule has 1 fully saturated rings. The standard InChI is InChI=1S/C21H24FN5O2S2/c1-3-15-11-23-21(24-12-15)26-8-6-16(7-9-26)30-17-13-25-27(14-17)20-5-4-18(10-19(20)22)31(2,28)29/h4-5,10-14,16H,3,6-9H2,1-2H3. The van der Waals surface area contributed by atoms with Gasteiger partial charge in [-0.15, -0.1) is 11.8 Å². The number of hydrogen-bond donors (Lipinski definition) is 0. The third kappa shape index (κ3) is 5.07. The molecule has 0 aliphatic carbocycles. The van der Waals surface area contributed by atoms with E-state index in [4.69, 9.17) is 0 Å². The van der Waals surface area contributed by atoms with Gasteiger partial charge in [-0.3, -0.25) is 0 Å². The van der Waals surface area contributed by atoms with Gasteiger partial charge in [-0.1, -0.05) is 6.92 Å².